The van der Waals surface area contributed by atoms with Gasteiger partial charge in [0.25, 0.3) is 0 Å². The Morgan fingerprint density at radius 2 is 1.85 bits per heavy atom. The van der Waals surface area contributed by atoms with Crippen LogP contribution in [-0.2, 0) is 17.6 Å². The van der Waals surface area contributed by atoms with Crippen molar-refractivity contribution in [2.24, 2.45) is 5.41 Å². The Morgan fingerprint density at radius 3 is 2.48 bits per heavy atom. The van der Waals surface area contributed by atoms with Crippen LogP contribution >= 0.6 is 0 Å². The summed E-state index contributed by atoms with van der Waals surface area (Å²) in [6, 6.07) is 9.11. The van der Waals surface area contributed by atoms with Crippen molar-refractivity contribution in [3.05, 3.63) is 64.7 Å². The fourth-order valence-corrected chi connectivity index (χ4v) is 4.43. The van der Waals surface area contributed by atoms with E-state index < -0.39 is 23.8 Å². The summed E-state index contributed by atoms with van der Waals surface area (Å²) >= 11 is 0. The number of benzene rings is 2. The molecule has 0 saturated heterocycles. The molecule has 4 N–H and O–H groups in total. The molecule has 180 valence electrons. The summed E-state index contributed by atoms with van der Waals surface area (Å²) in [5.74, 6) is -1.68. The normalized spacial score (nSPS) is 17.6. The first kappa shape index (κ1) is 25.1. The summed E-state index contributed by atoms with van der Waals surface area (Å²) < 4.78 is 27.2. The Bertz CT molecular complexity index is 954. The minimum Gasteiger partial charge on any atom is -0.390 e. The molecule has 0 aromatic heterocycles. The molecular weight excluding hydrogens is 424 g/mol. The number of hydrogen-bond donors (Lipinski definition) is 4. The molecule has 2 aromatic rings. The molecule has 0 radical (unpaired) electrons. The number of amides is 1. The zero-order chi connectivity index (χ0) is 24.2. The Labute approximate surface area is 195 Å². The first-order valence-electron chi connectivity index (χ1n) is 11.5. The minimum atomic E-state index is -0.934. The van der Waals surface area contributed by atoms with Gasteiger partial charge in [0.2, 0.25) is 5.91 Å². The van der Waals surface area contributed by atoms with Gasteiger partial charge in [-0.15, -0.1) is 0 Å². The van der Waals surface area contributed by atoms with Gasteiger partial charge < -0.3 is 21.1 Å². The lowest BCUT2D eigenvalue weighted by Gasteiger charge is -2.31. The van der Waals surface area contributed by atoms with Crippen LogP contribution in [-0.4, -0.2) is 36.2 Å². The predicted molar refractivity (Wildman–Crippen MR) is 127 cm³/mol. The molecule has 3 atom stereocenters. The summed E-state index contributed by atoms with van der Waals surface area (Å²) in [5.41, 5.74) is 4.07. The van der Waals surface area contributed by atoms with Crippen LogP contribution in [0.2, 0.25) is 0 Å². The van der Waals surface area contributed by atoms with Crippen LogP contribution < -0.4 is 16.0 Å². The third kappa shape index (κ3) is 7.51. The fraction of sp³-hybridized carbons (Fsp3) is 0.500. The second-order valence-corrected chi connectivity index (χ2v) is 10.2. The van der Waals surface area contributed by atoms with E-state index in [0.717, 1.165) is 31.1 Å². The van der Waals surface area contributed by atoms with E-state index in [0.29, 0.717) is 5.56 Å². The van der Waals surface area contributed by atoms with Crippen molar-refractivity contribution in [3.8, 4) is 0 Å². The van der Waals surface area contributed by atoms with Gasteiger partial charge in [-0.3, -0.25) is 4.79 Å². The molecule has 1 aliphatic rings. The summed E-state index contributed by atoms with van der Waals surface area (Å²) in [6.45, 7) is 9.04. The second-order valence-electron chi connectivity index (χ2n) is 10.2. The van der Waals surface area contributed by atoms with Crippen molar-refractivity contribution in [1.29, 1.82) is 0 Å². The zero-order valence-electron chi connectivity index (χ0n) is 19.8. The van der Waals surface area contributed by atoms with Gasteiger partial charge in [0.05, 0.1) is 12.1 Å². The number of rotatable bonds is 8. The van der Waals surface area contributed by atoms with E-state index >= 15 is 0 Å². The number of nitrogens with one attached hydrogen (secondary N) is 3. The van der Waals surface area contributed by atoms with Crippen LogP contribution in [0.15, 0.2) is 36.4 Å². The quantitative estimate of drug-likeness (QED) is 0.480. The van der Waals surface area contributed by atoms with Gasteiger partial charge in [0.1, 0.15) is 11.6 Å². The average molecular weight is 460 g/mol. The highest BCUT2D eigenvalue weighted by molar-refractivity contribution is 5.73. The molecule has 7 heteroatoms. The number of anilines is 1. The Morgan fingerprint density at radius 1 is 1.15 bits per heavy atom. The average Bonchev–Trinajstić information content (AvgIpc) is 2.69. The fourth-order valence-electron chi connectivity index (χ4n) is 4.43. The Hall–Kier alpha value is -2.51. The SMILES string of the molecule is CC(=O)N[C@@H](Cc1cc(F)cc(F)c1)[C@@H](O)CN[C@H]1CCNc2ccc(CC(C)(C)C)cc21. The molecule has 1 aliphatic heterocycles. The highest BCUT2D eigenvalue weighted by Gasteiger charge is 2.25. The molecule has 0 unspecified atom stereocenters. The maximum atomic E-state index is 13.6. The molecule has 0 spiro atoms. The standard InChI is InChI=1S/C26H35F2N3O2/c1-16(32)31-24(12-18-9-19(27)13-20(28)10-18)25(33)15-30-23-7-8-29-22-6-5-17(11-21(22)23)14-26(2,3)4/h5-6,9-11,13,23-25,29-30,33H,7-8,12,14-15H2,1-4H3,(H,31,32)/t23-,24-,25-/m0/s1. The number of carbonyl (C=O) groups is 1. The van der Waals surface area contributed by atoms with Crippen LogP contribution in [0.25, 0.3) is 0 Å². The van der Waals surface area contributed by atoms with Crippen LogP contribution in [0.4, 0.5) is 14.5 Å². The molecule has 0 bridgehead atoms. The third-order valence-corrected chi connectivity index (χ3v) is 5.78. The number of hydrogen-bond acceptors (Lipinski definition) is 4. The molecule has 5 nitrogen and oxygen atoms in total. The zero-order valence-corrected chi connectivity index (χ0v) is 19.8. The van der Waals surface area contributed by atoms with Gasteiger partial charge in [0, 0.05) is 37.8 Å². The molecule has 0 saturated carbocycles. The van der Waals surface area contributed by atoms with Crippen molar-refractivity contribution >= 4 is 11.6 Å². The Balaban J connectivity index is 1.70. The van der Waals surface area contributed by atoms with E-state index in [1.165, 1.54) is 30.2 Å². The van der Waals surface area contributed by atoms with Crippen LogP contribution in [0.3, 0.4) is 0 Å². The number of aliphatic hydroxyl groups excluding tert-OH is 1. The number of fused-ring (bicyclic) bond motifs is 1. The van der Waals surface area contributed by atoms with Crippen molar-refractivity contribution in [1.82, 2.24) is 10.6 Å². The van der Waals surface area contributed by atoms with Crippen molar-refractivity contribution in [2.45, 2.75) is 65.1 Å². The van der Waals surface area contributed by atoms with E-state index in [1.807, 2.05) is 0 Å². The maximum absolute atomic E-state index is 13.6. The smallest absolute Gasteiger partial charge is 0.217 e. The Kier molecular flexibility index (Phi) is 8.08. The predicted octanol–water partition coefficient (Wildman–Crippen LogP) is 4.11. The lowest BCUT2D eigenvalue weighted by atomic mass is 9.86. The highest BCUT2D eigenvalue weighted by atomic mass is 19.1. The van der Waals surface area contributed by atoms with E-state index in [9.17, 15) is 18.7 Å². The molecule has 1 amide bonds. The largest absolute Gasteiger partial charge is 0.390 e. The second kappa shape index (κ2) is 10.6. The molecule has 0 aliphatic carbocycles. The monoisotopic (exact) mass is 459 g/mol. The van der Waals surface area contributed by atoms with E-state index in [4.69, 9.17) is 0 Å². The third-order valence-electron chi connectivity index (χ3n) is 5.78. The lowest BCUT2D eigenvalue weighted by molar-refractivity contribution is -0.120. The number of aliphatic hydroxyl groups is 1. The van der Waals surface area contributed by atoms with Crippen molar-refractivity contribution in [2.75, 3.05) is 18.4 Å². The van der Waals surface area contributed by atoms with Crippen molar-refractivity contribution in [3.63, 3.8) is 0 Å². The number of carbonyl (C=O) groups excluding carboxylic acids is 1. The summed E-state index contributed by atoms with van der Waals surface area (Å²) in [4.78, 5) is 11.7. The lowest BCUT2D eigenvalue weighted by Crippen LogP contribution is -2.48. The van der Waals surface area contributed by atoms with Crippen LogP contribution in [0.1, 0.15) is 56.8 Å². The summed E-state index contributed by atoms with van der Waals surface area (Å²) in [6.07, 6.45) is 1.01. The van der Waals surface area contributed by atoms with Crippen LogP contribution in [0.5, 0.6) is 0 Å². The molecular formula is C26H35F2N3O2. The summed E-state index contributed by atoms with van der Waals surface area (Å²) in [7, 11) is 0. The van der Waals surface area contributed by atoms with E-state index in [2.05, 4.69) is 54.9 Å². The van der Waals surface area contributed by atoms with E-state index in [-0.39, 0.29) is 30.3 Å². The number of halogens is 2. The first-order chi connectivity index (χ1) is 15.5. The van der Waals surface area contributed by atoms with Gasteiger partial charge in [-0.05, 0) is 59.6 Å². The van der Waals surface area contributed by atoms with Crippen molar-refractivity contribution < 1.29 is 18.7 Å². The minimum absolute atomic E-state index is 0.0559. The molecule has 0 fully saturated rings. The molecule has 33 heavy (non-hydrogen) atoms. The molecule has 3 rings (SSSR count). The van der Waals surface area contributed by atoms with E-state index in [1.54, 1.807) is 0 Å². The highest BCUT2D eigenvalue weighted by Crippen LogP contribution is 2.32. The van der Waals surface area contributed by atoms with Gasteiger partial charge in [0.15, 0.2) is 0 Å². The van der Waals surface area contributed by atoms with Crippen LogP contribution in [0, 0.1) is 17.0 Å². The van der Waals surface area contributed by atoms with Gasteiger partial charge in [-0.25, -0.2) is 8.78 Å². The molecule has 2 aromatic carbocycles. The van der Waals surface area contributed by atoms with Gasteiger partial charge in [-0.2, -0.15) is 0 Å². The first-order valence-corrected chi connectivity index (χ1v) is 11.5. The maximum Gasteiger partial charge on any atom is 0.217 e. The molecule has 1 heterocycles. The summed E-state index contributed by atoms with van der Waals surface area (Å²) in [5, 5.41) is 20.5. The topological polar surface area (TPSA) is 73.4 Å². The van der Waals surface area contributed by atoms with Gasteiger partial charge in [-0.1, -0.05) is 32.9 Å². The van der Waals surface area contributed by atoms with Gasteiger partial charge >= 0.3 is 0 Å².